The van der Waals surface area contributed by atoms with Gasteiger partial charge in [-0.05, 0) is 70.9 Å². The van der Waals surface area contributed by atoms with E-state index in [0.29, 0.717) is 12.8 Å². The van der Waals surface area contributed by atoms with E-state index in [1.807, 2.05) is 182 Å². The summed E-state index contributed by atoms with van der Waals surface area (Å²) in [6.07, 6.45) is 28.5. The van der Waals surface area contributed by atoms with Crippen molar-refractivity contribution in [3.63, 3.8) is 0 Å². The molecule has 10 atom stereocenters. The number of carbonyl (C=O) groups is 2. The van der Waals surface area contributed by atoms with Crippen LogP contribution in [0.5, 0.6) is 0 Å². The number of carbonyl (C=O) groups excluding carboxylic acids is 2. The number of hydrogen-bond acceptors (Lipinski definition) is 13. The largest absolute Gasteiger partial charge is 0.463 e. The highest BCUT2D eigenvalue weighted by Crippen LogP contribution is 2.38. The van der Waals surface area contributed by atoms with Crippen LogP contribution in [-0.4, -0.2) is 86.6 Å². The molecule has 2 fully saturated rings. The molecule has 0 aromatic heterocycles. The Kier molecular flexibility index (Phi) is 44.9. The fourth-order valence-electron chi connectivity index (χ4n) is 15.3. The molecule has 13 nitrogen and oxygen atoms in total. The van der Waals surface area contributed by atoms with E-state index < -0.39 is 61.4 Å². The SMILES string of the molecule is CCCCCCCCCC(CCCCCCCCC)CC(=O)OC[C@H]1O[C@H](O[C@H]2O[C@H](COC(=O)CC(CCCCCCCCC)CCCCCCCCC)[C@@H](OCc3ccccc3)[C@H](OCc3ccccc3)[C@@H]2OCc2ccccc2)[C@@H](OCc2ccccc2)[C@@H](OCc2ccccc2)[C@@H]1OCc1ccccc1. The summed E-state index contributed by atoms with van der Waals surface area (Å²) >= 11 is 0. The van der Waals surface area contributed by atoms with Crippen LogP contribution in [0.2, 0.25) is 0 Å². The summed E-state index contributed by atoms with van der Waals surface area (Å²) in [6.45, 7) is 9.80. The predicted octanol–water partition coefficient (Wildman–Crippen LogP) is 23.6. The van der Waals surface area contributed by atoms with Gasteiger partial charge in [-0.3, -0.25) is 9.59 Å². The average Bonchev–Trinajstić information content (AvgIpc) is 0.768. The lowest BCUT2D eigenvalue weighted by molar-refractivity contribution is -0.393. The van der Waals surface area contributed by atoms with Gasteiger partial charge in [0.25, 0.3) is 0 Å². The molecule has 2 aliphatic rings. The van der Waals surface area contributed by atoms with Crippen LogP contribution in [0.15, 0.2) is 182 Å². The number of benzene rings is 6. The molecule has 0 radical (unpaired) electrons. The minimum Gasteiger partial charge on any atom is -0.463 e. The molecular formula is C96H138O13. The van der Waals surface area contributed by atoms with Crippen molar-refractivity contribution < 1.29 is 61.7 Å². The number of hydrogen-bond donors (Lipinski definition) is 0. The molecule has 0 spiro atoms. The van der Waals surface area contributed by atoms with E-state index in [1.54, 1.807) is 0 Å². The zero-order valence-corrected chi connectivity index (χ0v) is 67.3. The number of ether oxygens (including phenoxy) is 11. The zero-order chi connectivity index (χ0) is 76.2. The lowest BCUT2D eigenvalue weighted by Gasteiger charge is -2.49. The Hall–Kier alpha value is -6.10. The predicted molar refractivity (Wildman–Crippen MR) is 437 cm³/mol. The fraction of sp³-hybridized carbons (Fsp3) is 0.604. The normalized spacial score (nSPS) is 20.1. The molecule has 0 unspecified atom stereocenters. The van der Waals surface area contributed by atoms with E-state index in [-0.39, 0.29) is 76.6 Å². The molecular weight excluding hydrogens is 1360 g/mol. The van der Waals surface area contributed by atoms with Gasteiger partial charge in [0, 0.05) is 12.8 Å². The molecule has 2 saturated heterocycles. The van der Waals surface area contributed by atoms with Crippen LogP contribution in [0.4, 0.5) is 0 Å². The van der Waals surface area contributed by atoms with Crippen molar-refractivity contribution in [3.8, 4) is 0 Å². The van der Waals surface area contributed by atoms with Crippen LogP contribution in [0.1, 0.15) is 279 Å². The van der Waals surface area contributed by atoms with Gasteiger partial charge in [0.05, 0.1) is 39.6 Å². The maximum atomic E-state index is 14.8. The highest BCUT2D eigenvalue weighted by molar-refractivity contribution is 5.70. The Morgan fingerprint density at radius 3 is 0.725 bits per heavy atom. The van der Waals surface area contributed by atoms with E-state index in [4.69, 9.17) is 52.1 Å². The van der Waals surface area contributed by atoms with Crippen LogP contribution in [0, 0.1) is 11.8 Å². The second kappa shape index (κ2) is 55.4. The van der Waals surface area contributed by atoms with Crippen LogP contribution in [0.25, 0.3) is 0 Å². The lowest BCUT2D eigenvalue weighted by Crippen LogP contribution is -2.66. The van der Waals surface area contributed by atoms with Gasteiger partial charge in [0.1, 0.15) is 62.0 Å². The maximum Gasteiger partial charge on any atom is 0.306 e. The molecule has 109 heavy (non-hydrogen) atoms. The lowest BCUT2D eigenvalue weighted by atomic mass is 9.91. The molecule has 0 aliphatic carbocycles. The standard InChI is InChI=1S/C96H138O13/c1-5-9-13-17-21-25-35-51-77(52-36-26-22-18-14-10-6-2)67-87(97)99-75-85-89(101-69-79-55-39-29-40-56-79)91(103-71-81-59-43-31-44-60-81)93(105-73-83-63-47-33-48-64-83)95(107-85)109-96-94(106-74-84-65-49-34-50-66-84)92(104-72-82-61-45-32-46-62-82)90(102-70-80-57-41-30-42-58-80)86(108-96)76-100-88(98)68-78(53-37-27-23-19-15-11-7-3)54-38-28-24-20-16-12-8-4/h29-34,39-50,55-66,77-78,85-86,89-96H,5-28,35-38,51-54,67-76H2,1-4H3/t85-,86-,89-,90-,91+,92+,93+,94+,95-,96-/m1/s1. The monoisotopic (exact) mass is 1500 g/mol. The quantitative estimate of drug-likeness (QED) is 0.0265. The second-order valence-electron chi connectivity index (χ2n) is 30.9. The highest BCUT2D eigenvalue weighted by atomic mass is 16.8. The highest BCUT2D eigenvalue weighted by Gasteiger charge is 2.55. The van der Waals surface area contributed by atoms with E-state index in [9.17, 15) is 9.59 Å². The second-order valence-corrected chi connectivity index (χ2v) is 30.9. The van der Waals surface area contributed by atoms with Crippen molar-refractivity contribution in [3.05, 3.63) is 215 Å². The minimum atomic E-state index is -1.29. The van der Waals surface area contributed by atoms with E-state index in [1.165, 1.54) is 128 Å². The first-order valence-electron chi connectivity index (χ1n) is 43.0. The summed E-state index contributed by atoms with van der Waals surface area (Å²) < 4.78 is 79.1. The van der Waals surface area contributed by atoms with Gasteiger partial charge in [-0.2, -0.15) is 0 Å². The van der Waals surface area contributed by atoms with E-state index >= 15 is 0 Å². The third-order valence-corrected chi connectivity index (χ3v) is 21.8. The minimum absolute atomic E-state index is 0.152. The van der Waals surface area contributed by atoms with Crippen molar-refractivity contribution in [2.45, 2.75) is 347 Å². The van der Waals surface area contributed by atoms with Gasteiger partial charge in [0.2, 0.25) is 0 Å². The molecule has 8 rings (SSSR count). The summed E-state index contributed by atoms with van der Waals surface area (Å²) in [7, 11) is 0. The molecule has 6 aromatic rings. The molecule has 0 bridgehead atoms. The molecule has 0 saturated carbocycles. The smallest absolute Gasteiger partial charge is 0.306 e. The van der Waals surface area contributed by atoms with Crippen molar-refractivity contribution in [2.24, 2.45) is 11.8 Å². The van der Waals surface area contributed by atoms with Crippen molar-refractivity contribution >= 4 is 11.9 Å². The molecule has 600 valence electrons. The molecule has 0 N–H and O–H groups in total. The third-order valence-electron chi connectivity index (χ3n) is 21.8. The first kappa shape index (κ1) is 88.5. The molecule has 6 aromatic carbocycles. The Morgan fingerprint density at radius 1 is 0.275 bits per heavy atom. The topological polar surface area (TPSA) is 136 Å². The Balaban J connectivity index is 1.17. The van der Waals surface area contributed by atoms with Crippen LogP contribution < -0.4 is 0 Å². The first-order valence-corrected chi connectivity index (χ1v) is 43.0. The maximum absolute atomic E-state index is 14.8. The molecule has 0 amide bonds. The van der Waals surface area contributed by atoms with Crippen LogP contribution >= 0.6 is 0 Å². The summed E-state index contributed by atoms with van der Waals surface area (Å²) in [5.74, 6) is -0.158. The fourth-order valence-corrected chi connectivity index (χ4v) is 15.3. The number of unbranched alkanes of at least 4 members (excludes halogenated alkanes) is 24. The Morgan fingerprint density at radius 2 is 0.486 bits per heavy atom. The van der Waals surface area contributed by atoms with Crippen molar-refractivity contribution in [2.75, 3.05) is 13.2 Å². The third kappa shape index (κ3) is 35.2. The zero-order valence-electron chi connectivity index (χ0n) is 67.3. The summed E-state index contributed by atoms with van der Waals surface area (Å²) in [4.78, 5) is 29.6. The first-order chi connectivity index (χ1) is 53.8. The van der Waals surface area contributed by atoms with Gasteiger partial charge in [-0.25, -0.2) is 0 Å². The number of esters is 2. The number of rotatable bonds is 60. The molecule has 13 heteroatoms. The van der Waals surface area contributed by atoms with E-state index in [0.717, 1.165) is 110 Å². The van der Waals surface area contributed by atoms with Gasteiger partial charge in [0.15, 0.2) is 12.6 Å². The van der Waals surface area contributed by atoms with Crippen molar-refractivity contribution in [1.82, 2.24) is 0 Å². The van der Waals surface area contributed by atoms with E-state index in [2.05, 4.69) is 27.7 Å². The molecule has 2 heterocycles. The summed E-state index contributed by atoms with van der Waals surface area (Å²) in [6, 6.07) is 60.3. The van der Waals surface area contributed by atoms with Crippen molar-refractivity contribution in [1.29, 1.82) is 0 Å². The van der Waals surface area contributed by atoms with Crippen LogP contribution in [0.3, 0.4) is 0 Å². The van der Waals surface area contributed by atoms with Gasteiger partial charge in [-0.1, -0.05) is 389 Å². The Bertz CT molecular complexity index is 2930. The van der Waals surface area contributed by atoms with Gasteiger partial charge >= 0.3 is 11.9 Å². The molecule has 2 aliphatic heterocycles. The Labute approximate surface area is 657 Å². The average molecular weight is 1500 g/mol. The summed E-state index contributed by atoms with van der Waals surface area (Å²) in [5.41, 5.74) is 5.61. The van der Waals surface area contributed by atoms with Crippen LogP contribution in [-0.2, 0) is 101 Å². The summed E-state index contributed by atoms with van der Waals surface area (Å²) in [5, 5.41) is 0. The van der Waals surface area contributed by atoms with Gasteiger partial charge in [-0.15, -0.1) is 0 Å². The van der Waals surface area contributed by atoms with Gasteiger partial charge < -0.3 is 52.1 Å².